The lowest BCUT2D eigenvalue weighted by Gasteiger charge is -2.06. The number of anilines is 1. The van der Waals surface area contributed by atoms with Gasteiger partial charge >= 0.3 is 0 Å². The normalized spacial score (nSPS) is 25.4. The van der Waals surface area contributed by atoms with Crippen LogP contribution in [0.4, 0.5) is 5.69 Å². The minimum atomic E-state index is -2.85. The molecule has 0 radical (unpaired) electrons. The third-order valence-corrected chi connectivity index (χ3v) is 4.29. The maximum Gasteiger partial charge on any atom is 0.152 e. The highest BCUT2D eigenvalue weighted by Gasteiger charge is 2.29. The van der Waals surface area contributed by atoms with Gasteiger partial charge in [0.05, 0.1) is 28.9 Å². The molecule has 1 atom stereocenters. The van der Waals surface area contributed by atoms with Crippen LogP contribution in [0.25, 0.3) is 0 Å². The van der Waals surface area contributed by atoms with Gasteiger partial charge in [-0.15, -0.1) is 0 Å². The second-order valence-corrected chi connectivity index (χ2v) is 5.94. The summed E-state index contributed by atoms with van der Waals surface area (Å²) >= 11 is 0. The minimum absolute atomic E-state index is 0.0315. The number of aromatic nitrogens is 2. The molecule has 0 aromatic carbocycles. The first-order chi connectivity index (χ1) is 6.48. The van der Waals surface area contributed by atoms with Gasteiger partial charge in [-0.2, -0.15) is 5.10 Å². The van der Waals surface area contributed by atoms with Crippen molar-refractivity contribution in [1.29, 1.82) is 0 Å². The van der Waals surface area contributed by atoms with Gasteiger partial charge in [-0.1, -0.05) is 0 Å². The van der Waals surface area contributed by atoms with E-state index in [1.165, 1.54) is 0 Å². The molecular formula is C8H13N3O2S. The molecule has 0 bridgehead atoms. The Labute approximate surface area is 82.8 Å². The summed E-state index contributed by atoms with van der Waals surface area (Å²) in [7, 11) is -2.85. The van der Waals surface area contributed by atoms with Crippen LogP contribution in [0.5, 0.6) is 0 Å². The third-order valence-electron chi connectivity index (χ3n) is 2.54. The molecule has 1 aliphatic rings. The molecule has 0 aliphatic carbocycles. The number of sulfone groups is 1. The van der Waals surface area contributed by atoms with Crippen molar-refractivity contribution in [2.24, 2.45) is 0 Å². The molecule has 0 saturated carbocycles. The zero-order valence-corrected chi connectivity index (χ0v) is 8.79. The maximum absolute atomic E-state index is 11.2. The summed E-state index contributed by atoms with van der Waals surface area (Å²) in [5.41, 5.74) is 7.02. The van der Waals surface area contributed by atoms with Crippen molar-refractivity contribution < 1.29 is 8.42 Å². The van der Waals surface area contributed by atoms with E-state index in [1.54, 1.807) is 10.9 Å². The highest BCUT2D eigenvalue weighted by Crippen LogP contribution is 2.24. The topological polar surface area (TPSA) is 78.0 Å². The Morgan fingerprint density at radius 3 is 2.79 bits per heavy atom. The van der Waals surface area contributed by atoms with Crippen molar-refractivity contribution in [3.8, 4) is 0 Å². The number of nitrogens with two attached hydrogens (primary N) is 1. The zero-order chi connectivity index (χ0) is 10.3. The van der Waals surface area contributed by atoms with Gasteiger partial charge in [0.25, 0.3) is 0 Å². The van der Waals surface area contributed by atoms with E-state index in [-0.39, 0.29) is 17.5 Å². The van der Waals surface area contributed by atoms with Crippen LogP contribution in [-0.4, -0.2) is 29.7 Å². The summed E-state index contributed by atoms with van der Waals surface area (Å²) in [4.78, 5) is 0. The van der Waals surface area contributed by atoms with Crippen LogP contribution in [0.2, 0.25) is 0 Å². The lowest BCUT2D eigenvalue weighted by atomic mass is 10.3. The van der Waals surface area contributed by atoms with E-state index in [4.69, 9.17) is 5.73 Å². The van der Waals surface area contributed by atoms with E-state index in [0.29, 0.717) is 12.1 Å². The number of aryl methyl sites for hydroxylation is 1. The van der Waals surface area contributed by atoms with E-state index in [9.17, 15) is 8.42 Å². The van der Waals surface area contributed by atoms with Crippen LogP contribution in [0, 0.1) is 6.92 Å². The average Bonchev–Trinajstić information content (AvgIpc) is 2.57. The van der Waals surface area contributed by atoms with Crippen molar-refractivity contribution in [3.63, 3.8) is 0 Å². The largest absolute Gasteiger partial charge is 0.396 e. The molecule has 1 aliphatic heterocycles. The smallest absolute Gasteiger partial charge is 0.152 e. The fourth-order valence-electron chi connectivity index (χ4n) is 1.67. The molecule has 1 aromatic heterocycles. The van der Waals surface area contributed by atoms with Gasteiger partial charge in [0.1, 0.15) is 0 Å². The number of rotatable bonds is 1. The van der Waals surface area contributed by atoms with Gasteiger partial charge in [-0.25, -0.2) is 8.42 Å². The fraction of sp³-hybridized carbons (Fsp3) is 0.625. The monoisotopic (exact) mass is 215 g/mol. The van der Waals surface area contributed by atoms with Gasteiger partial charge in [-0.05, 0) is 13.3 Å². The first-order valence-electron chi connectivity index (χ1n) is 4.49. The predicted octanol–water partition coefficient (Wildman–Crippen LogP) is 0.133. The summed E-state index contributed by atoms with van der Waals surface area (Å²) in [6.07, 6.45) is 2.35. The van der Waals surface area contributed by atoms with Crippen LogP contribution < -0.4 is 5.73 Å². The minimum Gasteiger partial charge on any atom is -0.396 e. The van der Waals surface area contributed by atoms with Crippen LogP contribution in [-0.2, 0) is 9.84 Å². The Balaban J connectivity index is 2.26. The van der Waals surface area contributed by atoms with Crippen LogP contribution in [0.1, 0.15) is 18.2 Å². The molecule has 0 unspecified atom stereocenters. The van der Waals surface area contributed by atoms with E-state index < -0.39 is 9.84 Å². The Kier molecular flexibility index (Phi) is 2.02. The van der Waals surface area contributed by atoms with E-state index >= 15 is 0 Å². The van der Waals surface area contributed by atoms with Crippen molar-refractivity contribution >= 4 is 15.5 Å². The summed E-state index contributed by atoms with van der Waals surface area (Å²) in [5, 5.41) is 4.18. The summed E-state index contributed by atoms with van der Waals surface area (Å²) in [6.45, 7) is 1.81. The fourth-order valence-corrected chi connectivity index (χ4v) is 3.37. The van der Waals surface area contributed by atoms with E-state index in [0.717, 1.165) is 5.69 Å². The molecule has 78 valence electrons. The quantitative estimate of drug-likeness (QED) is 0.722. The number of nitrogen functional groups attached to an aromatic ring is 1. The van der Waals surface area contributed by atoms with Gasteiger partial charge in [0, 0.05) is 6.20 Å². The molecule has 6 heteroatoms. The highest BCUT2D eigenvalue weighted by molar-refractivity contribution is 7.91. The summed E-state index contributed by atoms with van der Waals surface area (Å²) in [6, 6.07) is -0.0315. The van der Waals surface area contributed by atoms with Gasteiger partial charge in [0.2, 0.25) is 0 Å². The molecule has 0 amide bonds. The Morgan fingerprint density at radius 1 is 1.64 bits per heavy atom. The van der Waals surface area contributed by atoms with E-state index in [2.05, 4.69) is 5.10 Å². The first-order valence-corrected chi connectivity index (χ1v) is 6.32. The van der Waals surface area contributed by atoms with Crippen LogP contribution in [0.3, 0.4) is 0 Å². The number of nitrogens with zero attached hydrogens (tertiary/aromatic N) is 2. The van der Waals surface area contributed by atoms with Crippen molar-refractivity contribution in [2.75, 3.05) is 17.2 Å². The van der Waals surface area contributed by atoms with Crippen molar-refractivity contribution in [3.05, 3.63) is 11.9 Å². The van der Waals surface area contributed by atoms with Crippen molar-refractivity contribution in [1.82, 2.24) is 9.78 Å². The second kappa shape index (κ2) is 2.98. The molecule has 1 aromatic rings. The van der Waals surface area contributed by atoms with Crippen LogP contribution in [0.15, 0.2) is 6.20 Å². The zero-order valence-electron chi connectivity index (χ0n) is 7.97. The maximum atomic E-state index is 11.2. The second-order valence-electron chi connectivity index (χ2n) is 3.71. The van der Waals surface area contributed by atoms with Gasteiger partial charge in [-0.3, -0.25) is 4.68 Å². The van der Waals surface area contributed by atoms with Gasteiger partial charge < -0.3 is 5.73 Å². The third kappa shape index (κ3) is 1.61. The SMILES string of the molecule is Cc1nn([C@H]2CCS(=O)(=O)C2)cc1N. The molecule has 0 spiro atoms. The number of hydrogen-bond donors (Lipinski definition) is 1. The summed E-state index contributed by atoms with van der Waals surface area (Å²) < 4.78 is 24.1. The molecule has 2 heterocycles. The Morgan fingerprint density at radius 2 is 2.36 bits per heavy atom. The van der Waals surface area contributed by atoms with E-state index in [1.807, 2.05) is 6.92 Å². The molecule has 2 N–H and O–H groups in total. The molecule has 1 fully saturated rings. The molecular weight excluding hydrogens is 202 g/mol. The van der Waals surface area contributed by atoms with Crippen molar-refractivity contribution in [2.45, 2.75) is 19.4 Å². The molecule has 1 saturated heterocycles. The Hall–Kier alpha value is -1.04. The molecule has 14 heavy (non-hydrogen) atoms. The molecule has 2 rings (SSSR count). The highest BCUT2D eigenvalue weighted by atomic mass is 32.2. The standard InChI is InChI=1S/C8H13N3O2S/c1-6-8(9)4-11(10-6)7-2-3-14(12,13)5-7/h4,7H,2-3,5,9H2,1H3/t7-/m0/s1. The van der Waals surface area contributed by atoms with Gasteiger partial charge in [0.15, 0.2) is 9.84 Å². The molecule has 5 nitrogen and oxygen atoms in total. The predicted molar refractivity (Wildman–Crippen MR) is 53.7 cm³/mol. The summed E-state index contributed by atoms with van der Waals surface area (Å²) in [5.74, 6) is 0.448. The lowest BCUT2D eigenvalue weighted by Crippen LogP contribution is -2.11. The average molecular weight is 215 g/mol. The first kappa shape index (κ1) is 9.51. The Bertz CT molecular complexity index is 430. The van der Waals surface area contributed by atoms with Crippen LogP contribution >= 0.6 is 0 Å². The lowest BCUT2D eigenvalue weighted by molar-refractivity contribution is 0.497. The number of hydrogen-bond acceptors (Lipinski definition) is 4.